The Morgan fingerprint density at radius 1 is 0.966 bits per heavy atom. The van der Waals surface area contributed by atoms with Gasteiger partial charge in [0.05, 0.1) is 18.7 Å². The number of anilines is 1. The maximum Gasteiger partial charge on any atom is 0.337 e. The summed E-state index contributed by atoms with van der Waals surface area (Å²) >= 11 is 0. The van der Waals surface area contributed by atoms with Crippen molar-refractivity contribution in [3.63, 3.8) is 0 Å². The standard InChI is InChI=1S/C23H19N3O3/c1-29-23(28)17-9-7-16(8-10-17)20(26-19-6-2-3-13-24-19)18-12-11-15-5-4-14-25-21(15)22(18)27/h2-14,20,27H,1H3,(H,24,26). The van der Waals surface area contributed by atoms with Crippen molar-refractivity contribution >= 4 is 22.7 Å². The van der Waals surface area contributed by atoms with Gasteiger partial charge in [-0.25, -0.2) is 9.78 Å². The summed E-state index contributed by atoms with van der Waals surface area (Å²) in [5, 5.41) is 15.2. The van der Waals surface area contributed by atoms with Crippen molar-refractivity contribution in [3.05, 3.63) is 95.8 Å². The first-order chi connectivity index (χ1) is 14.2. The smallest absolute Gasteiger partial charge is 0.337 e. The molecular formula is C23H19N3O3. The topological polar surface area (TPSA) is 84.3 Å². The number of ether oxygens (including phenoxy) is 1. The van der Waals surface area contributed by atoms with Crippen molar-refractivity contribution in [2.24, 2.45) is 0 Å². The molecule has 4 aromatic rings. The van der Waals surface area contributed by atoms with E-state index in [0.717, 1.165) is 10.9 Å². The lowest BCUT2D eigenvalue weighted by molar-refractivity contribution is 0.0600. The van der Waals surface area contributed by atoms with Crippen LogP contribution in [-0.2, 0) is 4.74 Å². The van der Waals surface area contributed by atoms with Gasteiger partial charge in [-0.05, 0) is 35.9 Å². The van der Waals surface area contributed by atoms with Crippen molar-refractivity contribution in [2.45, 2.75) is 6.04 Å². The summed E-state index contributed by atoms with van der Waals surface area (Å²) in [5.74, 6) is 0.368. The minimum Gasteiger partial charge on any atom is -0.505 e. The average Bonchev–Trinajstić information content (AvgIpc) is 2.78. The SMILES string of the molecule is COC(=O)c1ccc(C(Nc2ccccn2)c2ccc3cccnc3c2O)cc1. The lowest BCUT2D eigenvalue weighted by atomic mass is 9.95. The molecule has 0 saturated heterocycles. The van der Waals surface area contributed by atoms with E-state index in [1.807, 2.05) is 54.6 Å². The van der Waals surface area contributed by atoms with Gasteiger partial charge in [-0.3, -0.25) is 4.98 Å². The number of hydrogen-bond donors (Lipinski definition) is 2. The van der Waals surface area contributed by atoms with Crippen molar-refractivity contribution in [3.8, 4) is 5.75 Å². The first-order valence-corrected chi connectivity index (χ1v) is 9.10. The van der Waals surface area contributed by atoms with Crippen molar-refractivity contribution in [1.82, 2.24) is 9.97 Å². The summed E-state index contributed by atoms with van der Waals surface area (Å²) in [6, 6.07) is 19.8. The van der Waals surface area contributed by atoms with Crippen molar-refractivity contribution in [2.75, 3.05) is 12.4 Å². The van der Waals surface area contributed by atoms with E-state index in [-0.39, 0.29) is 5.75 Å². The molecule has 4 rings (SSSR count). The Morgan fingerprint density at radius 3 is 2.48 bits per heavy atom. The van der Waals surface area contributed by atoms with Crippen LogP contribution >= 0.6 is 0 Å². The first kappa shape index (κ1) is 18.4. The van der Waals surface area contributed by atoms with Gasteiger partial charge in [0, 0.05) is 23.3 Å². The maximum atomic E-state index is 11.8. The Balaban J connectivity index is 1.81. The third kappa shape index (κ3) is 3.73. The number of methoxy groups -OCH3 is 1. The zero-order valence-corrected chi connectivity index (χ0v) is 15.7. The van der Waals surface area contributed by atoms with Gasteiger partial charge in [0.2, 0.25) is 0 Å². The molecule has 0 spiro atoms. The van der Waals surface area contributed by atoms with E-state index in [4.69, 9.17) is 4.74 Å². The molecule has 2 aromatic carbocycles. The second-order valence-electron chi connectivity index (χ2n) is 6.48. The Labute approximate surface area is 167 Å². The number of aromatic hydroxyl groups is 1. The molecule has 0 bridgehead atoms. The number of phenolic OH excluding ortho intramolecular Hbond substituents is 1. The molecule has 0 aliphatic carbocycles. The van der Waals surface area contributed by atoms with E-state index in [0.29, 0.717) is 22.5 Å². The monoisotopic (exact) mass is 385 g/mol. The summed E-state index contributed by atoms with van der Waals surface area (Å²) in [7, 11) is 1.35. The second-order valence-corrected chi connectivity index (χ2v) is 6.48. The van der Waals surface area contributed by atoms with Gasteiger partial charge in [-0.2, -0.15) is 0 Å². The first-order valence-electron chi connectivity index (χ1n) is 9.10. The van der Waals surface area contributed by atoms with Gasteiger partial charge >= 0.3 is 5.97 Å². The highest BCUT2D eigenvalue weighted by molar-refractivity contribution is 5.89. The molecule has 0 radical (unpaired) electrons. The zero-order valence-electron chi connectivity index (χ0n) is 15.7. The second kappa shape index (κ2) is 7.98. The molecule has 0 saturated carbocycles. The van der Waals surface area contributed by atoms with Gasteiger partial charge in [0.25, 0.3) is 0 Å². The van der Waals surface area contributed by atoms with E-state index < -0.39 is 12.0 Å². The van der Waals surface area contributed by atoms with Gasteiger partial charge in [-0.15, -0.1) is 0 Å². The van der Waals surface area contributed by atoms with Gasteiger partial charge in [0.15, 0.2) is 0 Å². The highest BCUT2D eigenvalue weighted by Crippen LogP contribution is 2.36. The quantitative estimate of drug-likeness (QED) is 0.498. The lowest BCUT2D eigenvalue weighted by Gasteiger charge is -2.22. The minimum absolute atomic E-state index is 0.105. The van der Waals surface area contributed by atoms with Gasteiger partial charge in [-0.1, -0.05) is 36.4 Å². The number of esters is 1. The average molecular weight is 385 g/mol. The number of benzene rings is 2. The summed E-state index contributed by atoms with van der Waals surface area (Å²) in [6.07, 6.45) is 3.35. The molecule has 2 aromatic heterocycles. The van der Waals surface area contributed by atoms with Crippen LogP contribution in [0.2, 0.25) is 0 Å². The van der Waals surface area contributed by atoms with E-state index in [9.17, 15) is 9.90 Å². The number of carbonyl (C=O) groups is 1. The Morgan fingerprint density at radius 2 is 1.76 bits per heavy atom. The number of fused-ring (bicyclic) bond motifs is 1. The van der Waals surface area contributed by atoms with Gasteiger partial charge < -0.3 is 15.2 Å². The largest absolute Gasteiger partial charge is 0.505 e. The van der Waals surface area contributed by atoms with Crippen LogP contribution in [-0.4, -0.2) is 28.2 Å². The molecule has 1 unspecified atom stereocenters. The molecule has 2 N–H and O–H groups in total. The Hall–Kier alpha value is -3.93. The number of nitrogens with one attached hydrogen (secondary N) is 1. The summed E-state index contributed by atoms with van der Waals surface area (Å²) < 4.78 is 4.77. The predicted molar refractivity (Wildman–Crippen MR) is 111 cm³/mol. The summed E-state index contributed by atoms with van der Waals surface area (Å²) in [4.78, 5) is 20.4. The van der Waals surface area contributed by atoms with Crippen molar-refractivity contribution in [1.29, 1.82) is 0 Å². The zero-order chi connectivity index (χ0) is 20.2. The molecule has 1 atom stereocenters. The summed E-state index contributed by atoms with van der Waals surface area (Å²) in [5.41, 5.74) is 2.50. The highest BCUT2D eigenvalue weighted by Gasteiger charge is 2.21. The molecule has 0 aliphatic rings. The maximum absolute atomic E-state index is 11.8. The number of rotatable bonds is 5. The van der Waals surface area contributed by atoms with Crippen LogP contribution in [0.1, 0.15) is 27.5 Å². The number of aromatic nitrogens is 2. The number of carbonyl (C=O) groups excluding carboxylic acids is 1. The van der Waals surface area contributed by atoms with Crippen LogP contribution in [0.4, 0.5) is 5.82 Å². The van der Waals surface area contributed by atoms with E-state index in [1.165, 1.54) is 7.11 Å². The Bertz CT molecular complexity index is 1150. The molecule has 144 valence electrons. The minimum atomic E-state index is -0.400. The van der Waals surface area contributed by atoms with Gasteiger partial charge in [0.1, 0.15) is 17.1 Å². The van der Waals surface area contributed by atoms with Crippen LogP contribution in [0.3, 0.4) is 0 Å². The van der Waals surface area contributed by atoms with Crippen LogP contribution in [0.15, 0.2) is 79.1 Å². The van der Waals surface area contributed by atoms with Crippen LogP contribution in [0, 0.1) is 0 Å². The molecular weight excluding hydrogens is 366 g/mol. The number of pyridine rings is 2. The summed E-state index contributed by atoms with van der Waals surface area (Å²) in [6.45, 7) is 0. The molecule has 6 nitrogen and oxygen atoms in total. The molecule has 0 fully saturated rings. The van der Waals surface area contributed by atoms with Crippen LogP contribution in [0.5, 0.6) is 5.75 Å². The predicted octanol–water partition coefficient (Wildman–Crippen LogP) is 4.32. The third-order valence-corrected chi connectivity index (χ3v) is 4.71. The molecule has 6 heteroatoms. The molecule has 0 aliphatic heterocycles. The Kier molecular flexibility index (Phi) is 5.07. The fourth-order valence-electron chi connectivity index (χ4n) is 3.24. The van der Waals surface area contributed by atoms with Crippen LogP contribution < -0.4 is 5.32 Å². The van der Waals surface area contributed by atoms with E-state index >= 15 is 0 Å². The lowest BCUT2D eigenvalue weighted by Crippen LogP contribution is -2.14. The van der Waals surface area contributed by atoms with Crippen LogP contribution in [0.25, 0.3) is 10.9 Å². The molecule has 29 heavy (non-hydrogen) atoms. The highest BCUT2D eigenvalue weighted by atomic mass is 16.5. The molecule has 0 amide bonds. The fraction of sp³-hybridized carbons (Fsp3) is 0.0870. The number of nitrogens with zero attached hydrogens (tertiary/aromatic N) is 2. The third-order valence-electron chi connectivity index (χ3n) is 4.71. The fourth-order valence-corrected chi connectivity index (χ4v) is 3.24. The number of hydrogen-bond acceptors (Lipinski definition) is 6. The van der Waals surface area contributed by atoms with E-state index in [1.54, 1.807) is 24.5 Å². The van der Waals surface area contributed by atoms with E-state index in [2.05, 4.69) is 15.3 Å². The normalized spacial score (nSPS) is 11.8. The number of phenols is 1. The van der Waals surface area contributed by atoms with Crippen molar-refractivity contribution < 1.29 is 14.6 Å². The molecule has 2 heterocycles.